The first-order valence-electron chi connectivity index (χ1n) is 9.92. The second-order valence-corrected chi connectivity index (χ2v) is 7.83. The molecule has 26 heavy (non-hydrogen) atoms. The van der Waals surface area contributed by atoms with Crippen LogP contribution >= 0.6 is 0 Å². The standard InChI is InChI=1S/C20H33N3O3/c1-5-23(4,6-2)13-9-10-14(3)21-19(25)17-18(24)15-11-7-8-12-16(15)22-20(17)26/h14H,5-13H2,1-4H3,(H2-,21,22,24,25,26)/p+1. The molecule has 0 bridgehead atoms. The summed E-state index contributed by atoms with van der Waals surface area (Å²) >= 11 is 0. The molecular weight excluding hydrogens is 330 g/mol. The molecule has 0 aliphatic heterocycles. The Morgan fingerprint density at radius 1 is 1.27 bits per heavy atom. The fourth-order valence-corrected chi connectivity index (χ4v) is 3.66. The van der Waals surface area contributed by atoms with Crippen LogP contribution in [-0.2, 0) is 12.8 Å². The maximum Gasteiger partial charge on any atom is 0.264 e. The van der Waals surface area contributed by atoms with Gasteiger partial charge in [0.25, 0.3) is 11.5 Å². The number of quaternary nitrogens is 1. The topological polar surface area (TPSA) is 82.2 Å². The van der Waals surface area contributed by atoms with Gasteiger partial charge in [0, 0.05) is 17.3 Å². The number of hydrogen-bond donors (Lipinski definition) is 3. The number of rotatable bonds is 8. The number of amides is 1. The lowest BCUT2D eigenvalue weighted by Crippen LogP contribution is -2.45. The Labute approximate surface area is 156 Å². The van der Waals surface area contributed by atoms with Gasteiger partial charge in [-0.15, -0.1) is 0 Å². The van der Waals surface area contributed by atoms with E-state index in [9.17, 15) is 14.7 Å². The highest BCUT2D eigenvalue weighted by molar-refractivity contribution is 5.97. The van der Waals surface area contributed by atoms with Crippen molar-refractivity contribution in [3.8, 4) is 5.75 Å². The highest BCUT2D eigenvalue weighted by atomic mass is 16.3. The lowest BCUT2D eigenvalue weighted by Gasteiger charge is -2.32. The fraction of sp³-hybridized carbons (Fsp3) is 0.700. The second kappa shape index (κ2) is 8.71. The summed E-state index contributed by atoms with van der Waals surface area (Å²) in [5.74, 6) is -0.609. The molecule has 2 rings (SSSR count). The van der Waals surface area contributed by atoms with Gasteiger partial charge in [0.1, 0.15) is 11.3 Å². The summed E-state index contributed by atoms with van der Waals surface area (Å²) in [6.45, 7) is 9.59. The van der Waals surface area contributed by atoms with Gasteiger partial charge in [-0.25, -0.2) is 0 Å². The monoisotopic (exact) mass is 364 g/mol. The third-order valence-corrected chi connectivity index (χ3v) is 5.95. The highest BCUT2D eigenvalue weighted by Gasteiger charge is 2.25. The van der Waals surface area contributed by atoms with Crippen molar-refractivity contribution in [3.05, 3.63) is 27.2 Å². The van der Waals surface area contributed by atoms with E-state index in [1.54, 1.807) is 0 Å². The Balaban J connectivity index is 2.00. The van der Waals surface area contributed by atoms with E-state index in [1.807, 2.05) is 6.92 Å². The molecule has 0 radical (unpaired) electrons. The molecule has 6 nitrogen and oxygen atoms in total. The van der Waals surface area contributed by atoms with Crippen molar-refractivity contribution >= 4 is 5.91 Å². The zero-order valence-electron chi connectivity index (χ0n) is 16.7. The normalized spacial score (nSPS) is 15.4. The van der Waals surface area contributed by atoms with E-state index in [-0.39, 0.29) is 17.4 Å². The highest BCUT2D eigenvalue weighted by Crippen LogP contribution is 2.28. The molecule has 146 valence electrons. The Morgan fingerprint density at radius 3 is 2.58 bits per heavy atom. The predicted octanol–water partition coefficient (Wildman–Crippen LogP) is 2.34. The van der Waals surface area contributed by atoms with Gasteiger partial charge in [-0.05, 0) is 59.3 Å². The SMILES string of the molecule is CC[N+](C)(CC)CCCC(C)NC(=O)c1c(O)c2c([nH]c1=O)CCCC2. The predicted molar refractivity (Wildman–Crippen MR) is 104 cm³/mol. The van der Waals surface area contributed by atoms with E-state index in [2.05, 4.69) is 31.2 Å². The molecule has 1 aromatic heterocycles. The first kappa shape index (κ1) is 20.5. The zero-order valence-corrected chi connectivity index (χ0v) is 16.7. The van der Waals surface area contributed by atoms with Crippen molar-refractivity contribution in [2.75, 3.05) is 26.7 Å². The van der Waals surface area contributed by atoms with Gasteiger partial charge in [-0.2, -0.15) is 0 Å². The van der Waals surface area contributed by atoms with Gasteiger partial charge < -0.3 is 19.9 Å². The van der Waals surface area contributed by atoms with Gasteiger partial charge in [-0.3, -0.25) is 9.59 Å². The van der Waals surface area contributed by atoms with Gasteiger partial charge in [-0.1, -0.05) is 0 Å². The van der Waals surface area contributed by atoms with Gasteiger partial charge in [0.2, 0.25) is 0 Å². The Hall–Kier alpha value is -1.82. The number of carbonyl (C=O) groups excluding carboxylic acids is 1. The molecule has 1 atom stereocenters. The quantitative estimate of drug-likeness (QED) is 0.619. The van der Waals surface area contributed by atoms with Crippen LogP contribution in [0.5, 0.6) is 5.75 Å². The lowest BCUT2D eigenvalue weighted by atomic mass is 9.93. The van der Waals surface area contributed by atoms with Crippen LogP contribution in [0.4, 0.5) is 0 Å². The number of aryl methyl sites for hydroxylation is 1. The van der Waals surface area contributed by atoms with Crippen LogP contribution in [0, 0.1) is 0 Å². The molecule has 0 spiro atoms. The summed E-state index contributed by atoms with van der Waals surface area (Å²) in [5, 5.41) is 13.3. The van der Waals surface area contributed by atoms with E-state index in [0.29, 0.717) is 6.42 Å². The maximum absolute atomic E-state index is 12.6. The van der Waals surface area contributed by atoms with Crippen LogP contribution in [0.25, 0.3) is 0 Å². The lowest BCUT2D eigenvalue weighted by molar-refractivity contribution is -0.906. The maximum atomic E-state index is 12.6. The van der Waals surface area contributed by atoms with Crippen LogP contribution < -0.4 is 10.9 Å². The summed E-state index contributed by atoms with van der Waals surface area (Å²) in [6, 6.07) is -0.0421. The van der Waals surface area contributed by atoms with Crippen LogP contribution in [0.1, 0.15) is 68.1 Å². The minimum absolute atomic E-state index is 0.0421. The smallest absolute Gasteiger partial charge is 0.264 e. The minimum Gasteiger partial charge on any atom is -0.507 e. The minimum atomic E-state index is -0.492. The number of aromatic amines is 1. The van der Waals surface area contributed by atoms with E-state index in [4.69, 9.17) is 0 Å². The number of nitrogens with one attached hydrogen (secondary N) is 2. The molecule has 1 heterocycles. The van der Waals surface area contributed by atoms with E-state index in [0.717, 1.165) is 67.5 Å². The number of aromatic nitrogens is 1. The largest absolute Gasteiger partial charge is 0.507 e. The average Bonchev–Trinajstić information content (AvgIpc) is 2.61. The molecule has 0 saturated carbocycles. The van der Waals surface area contributed by atoms with Gasteiger partial charge in [0.05, 0.1) is 26.7 Å². The molecule has 1 aromatic rings. The van der Waals surface area contributed by atoms with Crippen LogP contribution in [0.3, 0.4) is 0 Å². The number of pyridine rings is 1. The molecule has 3 N–H and O–H groups in total. The summed E-state index contributed by atoms with van der Waals surface area (Å²) in [5.41, 5.74) is 0.876. The van der Waals surface area contributed by atoms with Crippen LogP contribution in [0.2, 0.25) is 0 Å². The number of nitrogens with zero attached hydrogens (tertiary/aromatic N) is 1. The van der Waals surface area contributed by atoms with E-state index < -0.39 is 11.5 Å². The van der Waals surface area contributed by atoms with E-state index >= 15 is 0 Å². The van der Waals surface area contributed by atoms with Gasteiger partial charge >= 0.3 is 0 Å². The molecule has 0 aromatic carbocycles. The van der Waals surface area contributed by atoms with Crippen molar-refractivity contribution in [1.82, 2.24) is 10.3 Å². The van der Waals surface area contributed by atoms with Crippen molar-refractivity contribution in [1.29, 1.82) is 0 Å². The van der Waals surface area contributed by atoms with Crippen LogP contribution in [-0.4, -0.2) is 53.2 Å². The molecule has 1 aliphatic rings. The Bertz CT molecular complexity index is 692. The number of H-pyrrole nitrogens is 1. The molecule has 1 unspecified atom stereocenters. The first-order chi connectivity index (χ1) is 12.3. The number of hydrogen-bond acceptors (Lipinski definition) is 3. The molecule has 6 heteroatoms. The third-order valence-electron chi connectivity index (χ3n) is 5.95. The third kappa shape index (κ3) is 4.67. The first-order valence-corrected chi connectivity index (χ1v) is 9.92. The summed E-state index contributed by atoms with van der Waals surface area (Å²) < 4.78 is 1.02. The summed E-state index contributed by atoms with van der Waals surface area (Å²) in [6.07, 6.45) is 5.28. The number of aromatic hydroxyl groups is 1. The molecular formula is C20H34N3O3+. The van der Waals surface area contributed by atoms with Crippen molar-refractivity contribution in [2.24, 2.45) is 0 Å². The fourth-order valence-electron chi connectivity index (χ4n) is 3.66. The van der Waals surface area contributed by atoms with Crippen molar-refractivity contribution in [2.45, 2.75) is 65.3 Å². The van der Waals surface area contributed by atoms with Crippen molar-refractivity contribution in [3.63, 3.8) is 0 Å². The Kier molecular flexibility index (Phi) is 6.87. The van der Waals surface area contributed by atoms with Crippen molar-refractivity contribution < 1.29 is 14.4 Å². The number of carbonyl (C=O) groups is 1. The van der Waals surface area contributed by atoms with Gasteiger partial charge in [0.15, 0.2) is 0 Å². The zero-order chi connectivity index (χ0) is 19.3. The average molecular weight is 365 g/mol. The molecule has 1 aliphatic carbocycles. The summed E-state index contributed by atoms with van der Waals surface area (Å²) in [7, 11) is 2.24. The number of fused-ring (bicyclic) bond motifs is 1. The molecule has 0 saturated heterocycles. The molecule has 0 fully saturated rings. The Morgan fingerprint density at radius 2 is 1.92 bits per heavy atom. The summed E-state index contributed by atoms with van der Waals surface area (Å²) in [4.78, 5) is 27.6. The van der Waals surface area contributed by atoms with E-state index in [1.165, 1.54) is 0 Å². The second-order valence-electron chi connectivity index (χ2n) is 7.83. The molecule has 1 amide bonds. The van der Waals surface area contributed by atoms with Crippen LogP contribution in [0.15, 0.2) is 4.79 Å².